The Morgan fingerprint density at radius 2 is 2.16 bits per heavy atom. The number of aliphatic hydroxyl groups excluding tert-OH is 1. The third-order valence-corrected chi connectivity index (χ3v) is 4.85. The molecule has 1 fully saturated rings. The molecule has 0 spiro atoms. The number of sulfonamides is 1. The number of hydrogen-bond acceptors (Lipinski definition) is 3. The lowest BCUT2D eigenvalue weighted by Crippen LogP contribution is -2.28. The SMILES string of the molecule is O=S(=O)(NCC[C@H](O)C1CC1)c1ccc(F)c(Cl)c1. The van der Waals surface area contributed by atoms with Crippen molar-refractivity contribution < 1.29 is 17.9 Å². The van der Waals surface area contributed by atoms with Crippen molar-refractivity contribution in [2.45, 2.75) is 30.3 Å². The molecule has 7 heteroatoms. The zero-order valence-electron chi connectivity index (χ0n) is 10.1. The van der Waals surface area contributed by atoms with E-state index in [9.17, 15) is 17.9 Å². The molecular formula is C12H15ClFNO3S. The molecule has 1 atom stereocenters. The maximum absolute atomic E-state index is 13.0. The normalized spacial score (nSPS) is 17.4. The summed E-state index contributed by atoms with van der Waals surface area (Å²) in [6.45, 7) is 0.148. The van der Waals surface area contributed by atoms with Crippen molar-refractivity contribution in [2.24, 2.45) is 5.92 Å². The zero-order chi connectivity index (χ0) is 14.0. The number of benzene rings is 1. The largest absolute Gasteiger partial charge is 0.393 e. The van der Waals surface area contributed by atoms with Gasteiger partial charge in [0.15, 0.2) is 0 Å². The lowest BCUT2D eigenvalue weighted by molar-refractivity contribution is 0.143. The lowest BCUT2D eigenvalue weighted by Gasteiger charge is -2.10. The van der Waals surface area contributed by atoms with E-state index in [0.29, 0.717) is 12.3 Å². The van der Waals surface area contributed by atoms with Gasteiger partial charge in [0.2, 0.25) is 10.0 Å². The summed E-state index contributed by atoms with van der Waals surface area (Å²) < 4.78 is 39.1. The third kappa shape index (κ3) is 3.89. The average Bonchev–Trinajstić information content (AvgIpc) is 3.16. The molecular weight excluding hydrogens is 293 g/mol. The van der Waals surface area contributed by atoms with E-state index in [4.69, 9.17) is 11.6 Å². The molecule has 1 aromatic carbocycles. The van der Waals surface area contributed by atoms with Crippen LogP contribution in [0, 0.1) is 11.7 Å². The number of rotatable bonds is 6. The lowest BCUT2D eigenvalue weighted by atomic mass is 10.2. The molecule has 0 bridgehead atoms. The highest BCUT2D eigenvalue weighted by Gasteiger charge is 2.29. The molecule has 0 saturated heterocycles. The number of nitrogens with one attached hydrogen (secondary N) is 1. The van der Waals surface area contributed by atoms with Crippen LogP contribution in [0.4, 0.5) is 4.39 Å². The van der Waals surface area contributed by atoms with Crippen LogP contribution in [0.3, 0.4) is 0 Å². The Hall–Kier alpha value is -0.690. The van der Waals surface area contributed by atoms with Gasteiger partial charge in [0.25, 0.3) is 0 Å². The van der Waals surface area contributed by atoms with Crippen molar-refractivity contribution >= 4 is 21.6 Å². The molecule has 1 saturated carbocycles. The Morgan fingerprint density at radius 1 is 1.47 bits per heavy atom. The summed E-state index contributed by atoms with van der Waals surface area (Å²) in [7, 11) is -3.71. The summed E-state index contributed by atoms with van der Waals surface area (Å²) in [6.07, 6.45) is 1.92. The van der Waals surface area contributed by atoms with E-state index in [1.165, 1.54) is 0 Å². The minimum absolute atomic E-state index is 0.0835. The van der Waals surface area contributed by atoms with Crippen molar-refractivity contribution in [1.29, 1.82) is 0 Å². The topological polar surface area (TPSA) is 66.4 Å². The second-order valence-corrected chi connectivity index (χ2v) is 6.84. The number of halogens is 2. The first-order valence-electron chi connectivity index (χ1n) is 6.03. The number of aliphatic hydroxyl groups is 1. The zero-order valence-corrected chi connectivity index (χ0v) is 11.7. The summed E-state index contributed by atoms with van der Waals surface area (Å²) in [6, 6.07) is 3.23. The summed E-state index contributed by atoms with van der Waals surface area (Å²) in [5.41, 5.74) is 0. The van der Waals surface area contributed by atoms with E-state index < -0.39 is 21.9 Å². The molecule has 2 rings (SSSR count). The van der Waals surface area contributed by atoms with E-state index >= 15 is 0 Å². The molecule has 0 unspecified atom stereocenters. The van der Waals surface area contributed by atoms with Crippen molar-refractivity contribution in [3.63, 3.8) is 0 Å². The minimum atomic E-state index is -3.71. The van der Waals surface area contributed by atoms with Crippen LogP contribution < -0.4 is 4.72 Å². The van der Waals surface area contributed by atoms with E-state index in [0.717, 1.165) is 31.0 Å². The smallest absolute Gasteiger partial charge is 0.240 e. The van der Waals surface area contributed by atoms with Gasteiger partial charge in [-0.1, -0.05) is 11.6 Å². The fourth-order valence-corrected chi connectivity index (χ4v) is 3.10. The van der Waals surface area contributed by atoms with E-state index in [1.54, 1.807) is 0 Å². The molecule has 1 aliphatic rings. The quantitative estimate of drug-likeness (QED) is 0.844. The van der Waals surface area contributed by atoms with Crippen molar-refractivity contribution in [1.82, 2.24) is 4.72 Å². The highest BCUT2D eigenvalue weighted by atomic mass is 35.5. The molecule has 0 aliphatic heterocycles. The molecule has 0 heterocycles. The molecule has 2 N–H and O–H groups in total. The Balaban J connectivity index is 1.95. The predicted octanol–water partition coefficient (Wildman–Crippen LogP) is 1.92. The first-order chi connectivity index (χ1) is 8.90. The van der Waals surface area contributed by atoms with Crippen LogP contribution in [-0.2, 0) is 10.0 Å². The fraction of sp³-hybridized carbons (Fsp3) is 0.500. The Morgan fingerprint density at radius 3 is 2.74 bits per heavy atom. The minimum Gasteiger partial charge on any atom is -0.393 e. The van der Waals surface area contributed by atoms with Crippen LogP contribution in [0.25, 0.3) is 0 Å². The molecule has 1 aliphatic carbocycles. The van der Waals surface area contributed by atoms with Gasteiger partial charge in [-0.3, -0.25) is 0 Å². The van der Waals surface area contributed by atoms with Gasteiger partial charge < -0.3 is 5.11 Å². The van der Waals surface area contributed by atoms with Crippen molar-refractivity contribution in [3.8, 4) is 0 Å². The van der Waals surface area contributed by atoms with Crippen LogP contribution in [0.1, 0.15) is 19.3 Å². The summed E-state index contributed by atoms with van der Waals surface area (Å²) >= 11 is 5.55. The van der Waals surface area contributed by atoms with Crippen LogP contribution in [-0.4, -0.2) is 26.2 Å². The highest BCUT2D eigenvalue weighted by Crippen LogP contribution is 2.33. The Labute approximate surface area is 116 Å². The Bertz CT molecular complexity index is 560. The molecule has 19 heavy (non-hydrogen) atoms. The van der Waals surface area contributed by atoms with Gasteiger partial charge in [0.1, 0.15) is 5.82 Å². The monoisotopic (exact) mass is 307 g/mol. The maximum atomic E-state index is 13.0. The van der Waals surface area contributed by atoms with Gasteiger partial charge in [-0.2, -0.15) is 0 Å². The van der Waals surface area contributed by atoms with Gasteiger partial charge >= 0.3 is 0 Å². The van der Waals surface area contributed by atoms with E-state index in [1.807, 2.05) is 0 Å². The van der Waals surface area contributed by atoms with Crippen LogP contribution in [0.5, 0.6) is 0 Å². The van der Waals surface area contributed by atoms with Crippen molar-refractivity contribution in [3.05, 3.63) is 29.0 Å². The van der Waals surface area contributed by atoms with Crippen LogP contribution in [0.2, 0.25) is 5.02 Å². The molecule has 0 radical (unpaired) electrons. The fourth-order valence-electron chi connectivity index (χ4n) is 1.79. The second kappa shape index (κ2) is 5.75. The predicted molar refractivity (Wildman–Crippen MR) is 69.9 cm³/mol. The molecule has 0 amide bonds. The third-order valence-electron chi connectivity index (χ3n) is 3.10. The average molecular weight is 308 g/mol. The van der Waals surface area contributed by atoms with Crippen LogP contribution in [0.15, 0.2) is 23.1 Å². The molecule has 4 nitrogen and oxygen atoms in total. The Kier molecular flexibility index (Phi) is 4.45. The highest BCUT2D eigenvalue weighted by molar-refractivity contribution is 7.89. The maximum Gasteiger partial charge on any atom is 0.240 e. The van der Waals surface area contributed by atoms with Gasteiger partial charge in [-0.15, -0.1) is 0 Å². The second-order valence-electron chi connectivity index (χ2n) is 4.67. The first-order valence-corrected chi connectivity index (χ1v) is 7.89. The summed E-state index contributed by atoms with van der Waals surface area (Å²) in [4.78, 5) is -0.0835. The van der Waals surface area contributed by atoms with E-state index in [-0.39, 0.29) is 16.5 Å². The van der Waals surface area contributed by atoms with Gasteiger partial charge in [0, 0.05) is 6.54 Å². The van der Waals surface area contributed by atoms with Crippen molar-refractivity contribution in [2.75, 3.05) is 6.54 Å². The van der Waals surface area contributed by atoms with Crippen LogP contribution >= 0.6 is 11.6 Å². The molecule has 1 aromatic rings. The molecule has 106 valence electrons. The molecule has 0 aromatic heterocycles. The van der Waals surface area contributed by atoms with Gasteiger partial charge in [-0.25, -0.2) is 17.5 Å². The van der Waals surface area contributed by atoms with E-state index in [2.05, 4.69) is 4.72 Å². The van der Waals surface area contributed by atoms with Gasteiger partial charge in [-0.05, 0) is 43.4 Å². The summed E-state index contributed by atoms with van der Waals surface area (Å²) in [5.74, 6) is -0.352. The number of hydrogen-bond donors (Lipinski definition) is 2. The summed E-state index contributed by atoms with van der Waals surface area (Å²) in [5, 5.41) is 9.40. The van der Waals surface area contributed by atoms with Gasteiger partial charge in [0.05, 0.1) is 16.0 Å². The first kappa shape index (κ1) is 14.7. The standard InChI is InChI=1S/C12H15ClFNO3S/c13-10-7-9(3-4-11(10)14)19(17,18)15-6-5-12(16)8-1-2-8/h3-4,7-8,12,15-16H,1-2,5-6H2/t12-/m0/s1.